The molecule has 0 unspecified atom stereocenters. The summed E-state index contributed by atoms with van der Waals surface area (Å²) in [5.41, 5.74) is 2.92. The second-order valence-electron chi connectivity index (χ2n) is 3.74. The minimum atomic E-state index is 0.551. The van der Waals surface area contributed by atoms with Crippen molar-refractivity contribution in [2.45, 2.75) is 11.5 Å². The molecule has 0 saturated heterocycles. The third-order valence-corrected chi connectivity index (χ3v) is 4.25. The lowest BCUT2D eigenvalue weighted by Gasteiger charge is -2.06. The summed E-state index contributed by atoms with van der Waals surface area (Å²) < 4.78 is 0. The third-order valence-electron chi connectivity index (χ3n) is 2.64. The average Bonchev–Trinajstić information content (AvgIpc) is 2.78. The van der Waals surface area contributed by atoms with Gasteiger partial charge in [0.25, 0.3) is 0 Å². The number of thioether (sulfide) groups is 1. The first-order valence-corrected chi connectivity index (χ1v) is 7.04. The predicted molar refractivity (Wildman–Crippen MR) is 72.5 cm³/mol. The highest BCUT2D eigenvalue weighted by Gasteiger charge is 2.19. The lowest BCUT2D eigenvalue weighted by molar-refractivity contribution is 1.07. The van der Waals surface area contributed by atoms with Gasteiger partial charge in [0.05, 0.1) is 10.7 Å². The first-order chi connectivity index (χ1) is 8.25. The zero-order valence-electron chi connectivity index (χ0n) is 8.78. The van der Waals surface area contributed by atoms with Gasteiger partial charge in [-0.15, -0.1) is 0 Å². The lowest BCUT2D eigenvalue weighted by Crippen LogP contribution is -1.97. The Labute approximate surface area is 113 Å². The standard InChI is InChI=1S/C12H8Cl2N2S/c13-9-4-2-1-3-7(9)12-15-10-6-17-5-8(10)11(14)16-12/h1-4H,5-6H2. The van der Waals surface area contributed by atoms with E-state index < -0.39 is 0 Å². The van der Waals surface area contributed by atoms with Crippen molar-refractivity contribution in [2.24, 2.45) is 0 Å². The van der Waals surface area contributed by atoms with Crippen LogP contribution in [0.5, 0.6) is 0 Å². The smallest absolute Gasteiger partial charge is 0.162 e. The van der Waals surface area contributed by atoms with Crippen LogP contribution in [0, 0.1) is 0 Å². The van der Waals surface area contributed by atoms with Crippen molar-refractivity contribution in [3.63, 3.8) is 0 Å². The molecular formula is C12H8Cl2N2S. The van der Waals surface area contributed by atoms with Crippen molar-refractivity contribution in [3.05, 3.63) is 45.7 Å². The molecule has 86 valence electrons. The number of aromatic nitrogens is 2. The summed E-state index contributed by atoms with van der Waals surface area (Å²) in [6.45, 7) is 0. The monoisotopic (exact) mass is 282 g/mol. The number of benzene rings is 1. The van der Waals surface area contributed by atoms with Crippen LogP contribution in [0.4, 0.5) is 0 Å². The number of rotatable bonds is 1. The van der Waals surface area contributed by atoms with Gasteiger partial charge in [0.1, 0.15) is 5.15 Å². The number of fused-ring (bicyclic) bond motifs is 1. The van der Waals surface area contributed by atoms with Crippen molar-refractivity contribution in [1.82, 2.24) is 9.97 Å². The zero-order valence-corrected chi connectivity index (χ0v) is 11.1. The Hall–Kier alpha value is -0.770. The van der Waals surface area contributed by atoms with Gasteiger partial charge in [-0.25, -0.2) is 9.97 Å². The van der Waals surface area contributed by atoms with Crippen molar-refractivity contribution >= 4 is 35.0 Å². The van der Waals surface area contributed by atoms with Crippen LogP contribution in [0.1, 0.15) is 11.3 Å². The van der Waals surface area contributed by atoms with Gasteiger partial charge >= 0.3 is 0 Å². The fourth-order valence-electron chi connectivity index (χ4n) is 1.77. The third kappa shape index (κ3) is 2.03. The number of halogens is 2. The van der Waals surface area contributed by atoms with Crippen molar-refractivity contribution in [1.29, 1.82) is 0 Å². The van der Waals surface area contributed by atoms with E-state index in [-0.39, 0.29) is 0 Å². The molecule has 2 nitrogen and oxygen atoms in total. The Morgan fingerprint density at radius 2 is 1.88 bits per heavy atom. The van der Waals surface area contributed by atoms with E-state index in [4.69, 9.17) is 23.2 Å². The average molecular weight is 283 g/mol. The van der Waals surface area contributed by atoms with Crippen LogP contribution in [0.25, 0.3) is 11.4 Å². The molecule has 2 heterocycles. The zero-order chi connectivity index (χ0) is 11.8. The fraction of sp³-hybridized carbons (Fsp3) is 0.167. The Morgan fingerprint density at radius 3 is 2.71 bits per heavy atom. The van der Waals surface area contributed by atoms with Crippen LogP contribution < -0.4 is 0 Å². The molecule has 1 aromatic carbocycles. The van der Waals surface area contributed by atoms with E-state index in [9.17, 15) is 0 Å². The van der Waals surface area contributed by atoms with Crippen molar-refractivity contribution in [2.75, 3.05) is 0 Å². The molecule has 0 atom stereocenters. The maximum Gasteiger partial charge on any atom is 0.162 e. The molecule has 0 fully saturated rings. The maximum absolute atomic E-state index is 6.17. The van der Waals surface area contributed by atoms with Crippen molar-refractivity contribution < 1.29 is 0 Å². The molecule has 0 bridgehead atoms. The van der Waals surface area contributed by atoms with Gasteiger partial charge in [-0.2, -0.15) is 11.8 Å². The molecule has 1 aromatic heterocycles. The summed E-state index contributed by atoms with van der Waals surface area (Å²) in [6, 6.07) is 7.54. The minimum absolute atomic E-state index is 0.551. The quantitative estimate of drug-likeness (QED) is 0.734. The number of nitrogens with zero attached hydrogens (tertiary/aromatic N) is 2. The molecule has 0 aliphatic carbocycles. The molecule has 0 saturated carbocycles. The van der Waals surface area contributed by atoms with E-state index in [1.807, 2.05) is 24.3 Å². The molecular weight excluding hydrogens is 275 g/mol. The van der Waals surface area contributed by atoms with E-state index in [0.29, 0.717) is 16.0 Å². The molecule has 1 aliphatic heterocycles. The Bertz CT molecular complexity index is 587. The van der Waals surface area contributed by atoms with Crippen LogP contribution in [0.3, 0.4) is 0 Å². The Morgan fingerprint density at radius 1 is 1.06 bits per heavy atom. The fourth-order valence-corrected chi connectivity index (χ4v) is 3.37. The Kier molecular flexibility index (Phi) is 2.99. The van der Waals surface area contributed by atoms with E-state index in [1.165, 1.54) is 0 Å². The van der Waals surface area contributed by atoms with Crippen LogP contribution in [-0.2, 0) is 11.5 Å². The normalized spacial score (nSPS) is 13.8. The highest BCUT2D eigenvalue weighted by molar-refractivity contribution is 7.98. The predicted octanol–water partition coefficient (Wildman–Crippen LogP) is 4.20. The second kappa shape index (κ2) is 4.48. The summed E-state index contributed by atoms with van der Waals surface area (Å²) in [5, 5.41) is 1.20. The van der Waals surface area contributed by atoms with Gasteiger partial charge in [0.15, 0.2) is 5.82 Å². The molecule has 2 aromatic rings. The van der Waals surface area contributed by atoms with E-state index in [1.54, 1.807) is 11.8 Å². The highest BCUT2D eigenvalue weighted by Crippen LogP contribution is 2.35. The van der Waals surface area contributed by atoms with Crippen LogP contribution in [-0.4, -0.2) is 9.97 Å². The van der Waals surface area contributed by atoms with Crippen LogP contribution >= 0.6 is 35.0 Å². The van der Waals surface area contributed by atoms with Gasteiger partial charge in [-0.3, -0.25) is 0 Å². The summed E-state index contributed by atoms with van der Waals surface area (Å²) in [6.07, 6.45) is 0. The van der Waals surface area contributed by atoms with Crippen LogP contribution in [0.2, 0.25) is 10.2 Å². The SMILES string of the molecule is Clc1ccccc1-c1nc(Cl)c2c(n1)CSC2. The molecule has 1 aliphatic rings. The van der Waals surface area contributed by atoms with E-state index >= 15 is 0 Å². The van der Waals surface area contributed by atoms with E-state index in [0.717, 1.165) is 28.3 Å². The van der Waals surface area contributed by atoms with Gasteiger partial charge in [0.2, 0.25) is 0 Å². The molecule has 0 amide bonds. The van der Waals surface area contributed by atoms with Gasteiger partial charge in [-0.1, -0.05) is 35.3 Å². The summed E-state index contributed by atoms with van der Waals surface area (Å²) in [7, 11) is 0. The molecule has 5 heteroatoms. The molecule has 0 N–H and O–H groups in total. The Balaban J connectivity index is 2.17. The van der Waals surface area contributed by atoms with Gasteiger partial charge < -0.3 is 0 Å². The highest BCUT2D eigenvalue weighted by atomic mass is 35.5. The number of hydrogen-bond acceptors (Lipinski definition) is 3. The van der Waals surface area contributed by atoms with Gasteiger partial charge in [-0.05, 0) is 12.1 Å². The van der Waals surface area contributed by atoms with Gasteiger partial charge in [0, 0.05) is 22.6 Å². The van der Waals surface area contributed by atoms with Crippen molar-refractivity contribution in [3.8, 4) is 11.4 Å². The summed E-state index contributed by atoms with van der Waals surface area (Å²) in [5.74, 6) is 2.41. The first kappa shape index (κ1) is 11.3. The summed E-state index contributed by atoms with van der Waals surface area (Å²) >= 11 is 14.1. The number of hydrogen-bond donors (Lipinski definition) is 0. The van der Waals surface area contributed by atoms with E-state index in [2.05, 4.69) is 9.97 Å². The lowest BCUT2D eigenvalue weighted by atomic mass is 10.2. The molecule has 17 heavy (non-hydrogen) atoms. The second-order valence-corrected chi connectivity index (χ2v) is 5.49. The minimum Gasteiger partial charge on any atom is -0.232 e. The van der Waals surface area contributed by atoms with Crippen LogP contribution in [0.15, 0.2) is 24.3 Å². The largest absolute Gasteiger partial charge is 0.232 e. The topological polar surface area (TPSA) is 25.8 Å². The molecule has 3 rings (SSSR count). The first-order valence-electron chi connectivity index (χ1n) is 5.13. The molecule has 0 spiro atoms. The molecule has 0 radical (unpaired) electrons. The maximum atomic E-state index is 6.17. The summed E-state index contributed by atoms with van der Waals surface area (Å²) in [4.78, 5) is 8.88.